The largest absolute Gasteiger partial charge is 0.395 e. The van der Waals surface area contributed by atoms with Crippen LogP contribution in [0.4, 0.5) is 0 Å². The van der Waals surface area contributed by atoms with E-state index in [4.69, 9.17) is 0 Å². The minimum atomic E-state index is 0.106. The van der Waals surface area contributed by atoms with Gasteiger partial charge in [0.15, 0.2) is 0 Å². The third-order valence-electron chi connectivity index (χ3n) is 4.59. The second-order valence-electron chi connectivity index (χ2n) is 6.11. The van der Waals surface area contributed by atoms with Crippen LogP contribution < -0.4 is 0 Å². The van der Waals surface area contributed by atoms with Crippen molar-refractivity contribution in [3.05, 3.63) is 72.1 Å². The van der Waals surface area contributed by atoms with Crippen molar-refractivity contribution in [1.29, 1.82) is 0 Å². The first-order chi connectivity index (χ1) is 12.3. The molecule has 4 rings (SSSR count). The number of para-hydroxylation sites is 1. The Morgan fingerprint density at radius 3 is 2.56 bits per heavy atom. The molecule has 2 heterocycles. The maximum Gasteiger partial charge on any atom is 0.113 e. The molecule has 0 fully saturated rings. The number of aliphatic hydroxyl groups is 1. The number of rotatable bonds is 5. The molecule has 0 spiro atoms. The van der Waals surface area contributed by atoms with E-state index < -0.39 is 0 Å². The molecule has 0 aliphatic carbocycles. The molecule has 25 heavy (non-hydrogen) atoms. The molecule has 0 aliphatic heterocycles. The lowest BCUT2D eigenvalue weighted by atomic mass is 10.1. The molecule has 0 saturated heterocycles. The lowest BCUT2D eigenvalue weighted by Crippen LogP contribution is -2.12. The maximum absolute atomic E-state index is 9.49. The van der Waals surface area contributed by atoms with Gasteiger partial charge < -0.3 is 9.67 Å². The SMILES string of the molecule is Cc1c(-c2ccccc2)cc(Cn2nnc3ccccc32)n1CCO. The smallest absolute Gasteiger partial charge is 0.113 e. The summed E-state index contributed by atoms with van der Waals surface area (Å²) in [4.78, 5) is 0. The molecule has 1 N–H and O–H groups in total. The van der Waals surface area contributed by atoms with Gasteiger partial charge in [-0.25, -0.2) is 4.68 Å². The predicted molar refractivity (Wildman–Crippen MR) is 98.3 cm³/mol. The van der Waals surface area contributed by atoms with Crippen molar-refractivity contribution in [2.45, 2.75) is 20.0 Å². The minimum absolute atomic E-state index is 0.106. The Morgan fingerprint density at radius 2 is 1.76 bits per heavy atom. The van der Waals surface area contributed by atoms with Gasteiger partial charge in [-0.3, -0.25) is 0 Å². The molecule has 0 saturated carbocycles. The van der Waals surface area contributed by atoms with Gasteiger partial charge in [-0.05, 0) is 30.7 Å². The normalized spacial score (nSPS) is 11.3. The lowest BCUT2D eigenvalue weighted by molar-refractivity contribution is 0.273. The molecule has 0 unspecified atom stereocenters. The van der Waals surface area contributed by atoms with Crippen molar-refractivity contribution in [3.63, 3.8) is 0 Å². The van der Waals surface area contributed by atoms with Crippen LogP contribution in [0, 0.1) is 6.92 Å². The molecule has 2 aromatic carbocycles. The van der Waals surface area contributed by atoms with E-state index in [9.17, 15) is 5.11 Å². The zero-order valence-electron chi connectivity index (χ0n) is 14.1. The summed E-state index contributed by atoms with van der Waals surface area (Å²) in [5, 5.41) is 18.0. The molecule has 0 bridgehead atoms. The number of hydrogen-bond acceptors (Lipinski definition) is 3. The van der Waals surface area contributed by atoms with Crippen LogP contribution in [0.5, 0.6) is 0 Å². The monoisotopic (exact) mass is 332 g/mol. The molecule has 0 atom stereocenters. The zero-order valence-corrected chi connectivity index (χ0v) is 14.1. The van der Waals surface area contributed by atoms with Gasteiger partial charge >= 0.3 is 0 Å². The van der Waals surface area contributed by atoms with E-state index in [2.05, 4.69) is 40.0 Å². The van der Waals surface area contributed by atoms with Crippen molar-refractivity contribution in [2.75, 3.05) is 6.61 Å². The van der Waals surface area contributed by atoms with Crippen LogP contribution >= 0.6 is 0 Å². The number of hydrogen-bond donors (Lipinski definition) is 1. The summed E-state index contributed by atoms with van der Waals surface area (Å²) in [6.45, 7) is 3.39. The van der Waals surface area contributed by atoms with E-state index in [1.165, 1.54) is 11.1 Å². The van der Waals surface area contributed by atoms with Gasteiger partial charge in [-0.15, -0.1) is 5.10 Å². The minimum Gasteiger partial charge on any atom is -0.395 e. The Hall–Kier alpha value is -2.92. The van der Waals surface area contributed by atoms with Crippen molar-refractivity contribution >= 4 is 11.0 Å². The average molecular weight is 332 g/mol. The Labute approximate surface area is 146 Å². The summed E-state index contributed by atoms with van der Waals surface area (Å²) >= 11 is 0. The standard InChI is InChI=1S/C20H20N4O/c1-15-18(16-7-3-2-4-8-16)13-17(23(15)11-12-25)14-24-20-10-6-5-9-19(20)21-22-24/h2-10,13,25H,11-12,14H2,1H3. The van der Waals surface area contributed by atoms with Crippen molar-refractivity contribution in [3.8, 4) is 11.1 Å². The van der Waals surface area contributed by atoms with Gasteiger partial charge in [0.05, 0.1) is 18.7 Å². The van der Waals surface area contributed by atoms with Crippen LogP contribution in [0.15, 0.2) is 60.7 Å². The number of aromatic nitrogens is 4. The third-order valence-corrected chi connectivity index (χ3v) is 4.59. The molecule has 126 valence electrons. The van der Waals surface area contributed by atoms with E-state index in [-0.39, 0.29) is 6.61 Å². The summed E-state index contributed by atoms with van der Waals surface area (Å²) < 4.78 is 4.07. The predicted octanol–water partition coefficient (Wildman–Crippen LogP) is 3.25. The highest BCUT2D eigenvalue weighted by molar-refractivity contribution is 5.74. The van der Waals surface area contributed by atoms with E-state index >= 15 is 0 Å². The first kappa shape index (κ1) is 15.6. The molecular formula is C20H20N4O. The van der Waals surface area contributed by atoms with Crippen LogP contribution in [0.2, 0.25) is 0 Å². The van der Waals surface area contributed by atoms with Crippen LogP contribution in [0.3, 0.4) is 0 Å². The average Bonchev–Trinajstić information content (AvgIpc) is 3.19. The molecule has 5 heteroatoms. The van der Waals surface area contributed by atoms with E-state index in [0.717, 1.165) is 22.4 Å². The van der Waals surface area contributed by atoms with Gasteiger partial charge in [0.25, 0.3) is 0 Å². The Balaban J connectivity index is 1.78. The lowest BCUT2D eigenvalue weighted by Gasteiger charge is -2.10. The summed E-state index contributed by atoms with van der Waals surface area (Å²) in [6, 6.07) is 20.5. The van der Waals surface area contributed by atoms with E-state index in [1.54, 1.807) is 0 Å². The Kier molecular flexibility index (Phi) is 4.07. The second-order valence-corrected chi connectivity index (χ2v) is 6.11. The van der Waals surface area contributed by atoms with Gasteiger partial charge in [0.2, 0.25) is 0 Å². The number of benzene rings is 2. The van der Waals surface area contributed by atoms with Gasteiger partial charge in [0, 0.05) is 23.5 Å². The summed E-state index contributed by atoms with van der Waals surface area (Å²) in [6.07, 6.45) is 0. The first-order valence-electron chi connectivity index (χ1n) is 8.41. The van der Waals surface area contributed by atoms with Gasteiger partial charge in [-0.1, -0.05) is 47.7 Å². The molecular weight excluding hydrogens is 312 g/mol. The number of aliphatic hydroxyl groups excluding tert-OH is 1. The Bertz CT molecular complexity index is 1000. The van der Waals surface area contributed by atoms with Crippen LogP contribution in [0.25, 0.3) is 22.2 Å². The summed E-state index contributed by atoms with van der Waals surface area (Å²) in [5.41, 5.74) is 6.54. The van der Waals surface area contributed by atoms with Crippen molar-refractivity contribution in [2.24, 2.45) is 0 Å². The van der Waals surface area contributed by atoms with Crippen LogP contribution in [0.1, 0.15) is 11.4 Å². The zero-order chi connectivity index (χ0) is 17.2. The highest BCUT2D eigenvalue weighted by Crippen LogP contribution is 2.27. The highest BCUT2D eigenvalue weighted by Gasteiger charge is 2.14. The first-order valence-corrected chi connectivity index (χ1v) is 8.41. The van der Waals surface area contributed by atoms with Crippen LogP contribution in [-0.4, -0.2) is 31.3 Å². The fraction of sp³-hybridized carbons (Fsp3) is 0.200. The third kappa shape index (κ3) is 2.83. The van der Waals surface area contributed by atoms with Crippen molar-refractivity contribution < 1.29 is 5.11 Å². The number of nitrogens with zero attached hydrogens (tertiary/aromatic N) is 4. The van der Waals surface area contributed by atoms with Crippen LogP contribution in [-0.2, 0) is 13.1 Å². The summed E-state index contributed by atoms with van der Waals surface area (Å²) in [5.74, 6) is 0. The number of fused-ring (bicyclic) bond motifs is 1. The van der Waals surface area contributed by atoms with Crippen molar-refractivity contribution in [1.82, 2.24) is 19.6 Å². The van der Waals surface area contributed by atoms with Gasteiger partial charge in [-0.2, -0.15) is 0 Å². The molecule has 2 aromatic heterocycles. The fourth-order valence-electron chi connectivity index (χ4n) is 3.35. The maximum atomic E-state index is 9.49. The fourth-order valence-corrected chi connectivity index (χ4v) is 3.35. The van der Waals surface area contributed by atoms with E-state index in [1.807, 2.05) is 47.1 Å². The van der Waals surface area contributed by atoms with E-state index in [0.29, 0.717) is 13.1 Å². The molecule has 0 aliphatic rings. The molecule has 0 radical (unpaired) electrons. The summed E-state index contributed by atoms with van der Waals surface area (Å²) in [7, 11) is 0. The molecule has 0 amide bonds. The molecule has 5 nitrogen and oxygen atoms in total. The van der Waals surface area contributed by atoms with Gasteiger partial charge in [0.1, 0.15) is 5.52 Å². The Morgan fingerprint density at radius 1 is 1.00 bits per heavy atom. The highest BCUT2D eigenvalue weighted by atomic mass is 16.3. The quantitative estimate of drug-likeness (QED) is 0.610. The topological polar surface area (TPSA) is 55.9 Å². The second kappa shape index (κ2) is 6.53. The molecule has 4 aromatic rings.